The molecule has 6 rings (SSSR count). The van der Waals surface area contributed by atoms with E-state index in [1.54, 1.807) is 36.2 Å². The zero-order valence-corrected chi connectivity index (χ0v) is 25.6. The molecule has 46 heavy (non-hydrogen) atoms. The van der Waals surface area contributed by atoms with Crippen molar-refractivity contribution in [2.75, 3.05) is 44.7 Å². The van der Waals surface area contributed by atoms with Gasteiger partial charge in [-0.3, -0.25) is 14.8 Å². The number of hydrogen-bond donors (Lipinski definition) is 1. The third-order valence-electron chi connectivity index (χ3n) is 8.54. The maximum Gasteiger partial charge on any atom is 0.319 e. The Bertz CT molecular complexity index is 1850. The van der Waals surface area contributed by atoms with E-state index in [9.17, 15) is 23.5 Å². The van der Waals surface area contributed by atoms with Crippen molar-refractivity contribution in [2.45, 2.75) is 37.1 Å². The van der Waals surface area contributed by atoms with Crippen LogP contribution in [-0.2, 0) is 0 Å². The van der Waals surface area contributed by atoms with Gasteiger partial charge in [-0.25, -0.2) is 17.6 Å². The van der Waals surface area contributed by atoms with Crippen molar-refractivity contribution in [1.82, 2.24) is 24.8 Å². The summed E-state index contributed by atoms with van der Waals surface area (Å²) < 4.78 is 64.4. The first-order chi connectivity index (χ1) is 22.0. The van der Waals surface area contributed by atoms with E-state index in [-0.39, 0.29) is 61.1 Å². The highest BCUT2D eigenvalue weighted by atomic mass is 35.5. The van der Waals surface area contributed by atoms with Gasteiger partial charge in [0.2, 0.25) is 0 Å². The predicted octanol–water partition coefficient (Wildman–Crippen LogP) is 5.56. The molecule has 0 saturated carbocycles. The number of fused-ring (bicyclic) bond motifs is 2. The van der Waals surface area contributed by atoms with Gasteiger partial charge in [-0.2, -0.15) is 15.2 Å². The Kier molecular flexibility index (Phi) is 8.73. The fourth-order valence-corrected chi connectivity index (χ4v) is 6.56. The van der Waals surface area contributed by atoms with Crippen LogP contribution in [-0.4, -0.2) is 93.9 Å². The molecular weight excluding hydrogens is 626 g/mol. The van der Waals surface area contributed by atoms with Gasteiger partial charge in [0.25, 0.3) is 5.92 Å². The lowest BCUT2D eigenvalue weighted by molar-refractivity contribution is -0.0167. The molecule has 2 aliphatic heterocycles. The van der Waals surface area contributed by atoms with Crippen LogP contribution in [0.3, 0.4) is 0 Å². The largest absolute Gasteiger partial charge is 0.462 e. The molecule has 0 radical (unpaired) electrons. The molecule has 0 bridgehead atoms. The van der Waals surface area contributed by atoms with Crippen molar-refractivity contribution in [1.29, 1.82) is 5.26 Å². The number of likely N-dealkylation sites (tertiary alicyclic amines) is 1. The second-order valence-corrected chi connectivity index (χ2v) is 12.0. The van der Waals surface area contributed by atoms with E-state index in [1.807, 2.05) is 12.1 Å². The van der Waals surface area contributed by atoms with Crippen molar-refractivity contribution < 1.29 is 27.4 Å². The number of piperazine rings is 1. The number of aromatic nitrogens is 3. The van der Waals surface area contributed by atoms with E-state index < -0.39 is 48.8 Å². The summed E-state index contributed by atoms with van der Waals surface area (Å²) in [6, 6.07) is 11.3. The van der Waals surface area contributed by atoms with E-state index in [0.29, 0.717) is 16.0 Å². The molecule has 4 heterocycles. The van der Waals surface area contributed by atoms with Gasteiger partial charge in [0.15, 0.2) is 12.0 Å². The summed E-state index contributed by atoms with van der Waals surface area (Å²) in [5, 5.41) is 21.9. The summed E-state index contributed by atoms with van der Waals surface area (Å²) in [4.78, 5) is 18.1. The second kappa shape index (κ2) is 12.6. The molecule has 2 aromatic carbocycles. The van der Waals surface area contributed by atoms with E-state index in [0.717, 1.165) is 5.39 Å². The Hall–Kier alpha value is -4.09. The van der Waals surface area contributed by atoms with Crippen LogP contribution in [0.15, 0.2) is 55.0 Å². The minimum absolute atomic E-state index is 0.00581. The first-order valence-electron chi connectivity index (χ1n) is 14.6. The average Bonchev–Trinajstić information content (AvgIpc) is 3.30. The minimum Gasteiger partial charge on any atom is -0.462 e. The van der Waals surface area contributed by atoms with Crippen LogP contribution in [0, 0.1) is 17.1 Å². The molecule has 1 unspecified atom stereocenters. The van der Waals surface area contributed by atoms with Gasteiger partial charge in [0.1, 0.15) is 29.5 Å². The van der Waals surface area contributed by atoms with Gasteiger partial charge in [-0.05, 0) is 18.5 Å². The van der Waals surface area contributed by atoms with Crippen LogP contribution >= 0.6 is 11.6 Å². The Balaban J connectivity index is 1.44. The normalized spacial score (nSPS) is 21.0. The number of nitrogens with zero attached hydrogens (tertiary/aromatic N) is 7. The van der Waals surface area contributed by atoms with Crippen LogP contribution in [0.5, 0.6) is 6.01 Å². The number of halogens is 5. The minimum atomic E-state index is -2.87. The average molecular weight is 656 g/mol. The van der Waals surface area contributed by atoms with Crippen LogP contribution in [0.1, 0.15) is 12.8 Å². The number of aliphatic hydroxyl groups excluding tert-OH is 1. The van der Waals surface area contributed by atoms with E-state index in [1.165, 1.54) is 16.0 Å². The Morgan fingerprint density at radius 2 is 1.98 bits per heavy atom. The summed E-state index contributed by atoms with van der Waals surface area (Å²) in [5.74, 6) is -4.35. The predicted molar refractivity (Wildman–Crippen MR) is 166 cm³/mol. The van der Waals surface area contributed by atoms with Crippen molar-refractivity contribution in [3.8, 4) is 23.3 Å². The summed E-state index contributed by atoms with van der Waals surface area (Å²) in [5.41, 5.74) is 0.326. The topological polar surface area (TPSA) is 102 Å². The molecule has 240 valence electrons. The number of anilines is 1. The second-order valence-electron chi connectivity index (χ2n) is 11.6. The van der Waals surface area contributed by atoms with Crippen molar-refractivity contribution >= 4 is 39.1 Å². The van der Waals surface area contributed by atoms with Crippen LogP contribution in [0.25, 0.3) is 32.9 Å². The number of rotatable bonds is 8. The lowest BCUT2D eigenvalue weighted by atomic mass is 10.0. The molecule has 0 spiro atoms. The number of benzene rings is 2. The van der Waals surface area contributed by atoms with Crippen LogP contribution < -0.4 is 9.64 Å². The molecule has 2 aliphatic rings. The van der Waals surface area contributed by atoms with E-state index >= 15 is 4.39 Å². The standard InChI is InChI=1S/C32H30ClF4N7O2/c1-18(34)30(45)44-12-11-43(15-20(44)9-10-38)29-23-14-39-27(22-7-3-5-19-6-4-8-24(33)25(19)22)26(35)28(23)40-31(41-29)46-16-21-13-32(36,37)17-42(21)2/h3-8,14,20-21,30,45H,1,9,11-13,15-17H2,2H3/t20-,21-,30?/m0/s1. The molecule has 3 atom stereocenters. The number of ether oxygens (including phenoxy) is 1. The Morgan fingerprint density at radius 1 is 1.22 bits per heavy atom. The molecule has 2 fully saturated rings. The fourth-order valence-electron chi connectivity index (χ4n) is 6.27. The number of hydrogen-bond acceptors (Lipinski definition) is 9. The third kappa shape index (κ3) is 6.05. The summed E-state index contributed by atoms with van der Waals surface area (Å²) in [7, 11) is 1.57. The SMILES string of the molecule is C=C(F)C(O)N1CCN(c2nc(OC[C@@H]3CC(F)(F)CN3C)nc3c(F)c(-c4cccc5cccc(Cl)c45)ncc23)C[C@@H]1CC#N. The van der Waals surface area contributed by atoms with Crippen molar-refractivity contribution in [2.24, 2.45) is 0 Å². The molecule has 0 aliphatic carbocycles. The molecule has 2 saturated heterocycles. The highest BCUT2D eigenvalue weighted by Gasteiger charge is 2.43. The molecule has 4 aromatic rings. The highest BCUT2D eigenvalue weighted by molar-refractivity contribution is 6.36. The zero-order chi connectivity index (χ0) is 32.7. The molecular formula is C32H30ClF4N7O2. The summed E-state index contributed by atoms with van der Waals surface area (Å²) in [6.45, 7) is 3.06. The monoisotopic (exact) mass is 655 g/mol. The molecule has 1 N–H and O–H groups in total. The number of alkyl halides is 2. The van der Waals surface area contributed by atoms with E-state index in [2.05, 4.69) is 27.6 Å². The van der Waals surface area contributed by atoms with Gasteiger partial charge in [0, 0.05) is 60.3 Å². The van der Waals surface area contributed by atoms with Gasteiger partial charge in [-0.1, -0.05) is 48.5 Å². The lowest BCUT2D eigenvalue weighted by Crippen LogP contribution is -2.57. The zero-order valence-electron chi connectivity index (χ0n) is 24.8. The number of likely N-dealkylation sites (N-methyl/N-ethyl adjacent to an activating group) is 1. The van der Waals surface area contributed by atoms with E-state index in [4.69, 9.17) is 16.3 Å². The van der Waals surface area contributed by atoms with Gasteiger partial charge >= 0.3 is 6.01 Å². The van der Waals surface area contributed by atoms with Crippen LogP contribution in [0.4, 0.5) is 23.4 Å². The number of nitriles is 1. The summed E-state index contributed by atoms with van der Waals surface area (Å²) in [6.07, 6.45) is -0.614. The molecule has 2 aromatic heterocycles. The van der Waals surface area contributed by atoms with Gasteiger partial charge < -0.3 is 14.7 Å². The molecule has 0 amide bonds. The maximum atomic E-state index is 16.6. The molecule has 14 heteroatoms. The smallest absolute Gasteiger partial charge is 0.319 e. The summed E-state index contributed by atoms with van der Waals surface area (Å²) >= 11 is 6.53. The number of pyridine rings is 1. The van der Waals surface area contributed by atoms with Crippen molar-refractivity contribution in [3.05, 3.63) is 65.8 Å². The fraction of sp³-hybridized carbons (Fsp3) is 0.375. The quantitative estimate of drug-likeness (QED) is 0.245. The maximum absolute atomic E-state index is 16.6. The highest BCUT2D eigenvalue weighted by Crippen LogP contribution is 2.38. The van der Waals surface area contributed by atoms with Crippen LogP contribution in [0.2, 0.25) is 5.02 Å². The Labute approximate surface area is 267 Å². The lowest BCUT2D eigenvalue weighted by Gasteiger charge is -2.43. The third-order valence-corrected chi connectivity index (χ3v) is 8.86. The van der Waals surface area contributed by atoms with Gasteiger partial charge in [-0.15, -0.1) is 0 Å². The number of aliphatic hydroxyl groups is 1. The van der Waals surface area contributed by atoms with Crippen molar-refractivity contribution in [3.63, 3.8) is 0 Å². The first-order valence-corrected chi connectivity index (χ1v) is 15.0. The van der Waals surface area contributed by atoms with Gasteiger partial charge in [0.05, 0.1) is 24.4 Å². The Morgan fingerprint density at radius 3 is 2.67 bits per heavy atom. The molecule has 9 nitrogen and oxygen atoms in total. The first kappa shape index (κ1) is 31.9.